The summed E-state index contributed by atoms with van der Waals surface area (Å²) >= 11 is 0. The van der Waals surface area contributed by atoms with Crippen LogP contribution in [0, 0.1) is 17.8 Å². The average molecular weight is 631 g/mol. The van der Waals surface area contributed by atoms with Crippen molar-refractivity contribution in [2.75, 3.05) is 0 Å². The summed E-state index contributed by atoms with van der Waals surface area (Å²) < 4.78 is 0. The summed E-state index contributed by atoms with van der Waals surface area (Å²) in [6.07, 6.45) is 4.17. The molecule has 0 amide bonds. The Balaban J connectivity index is 1.08. The number of aromatic nitrogens is 4. The molecule has 3 saturated carbocycles. The normalized spacial score (nSPS) is 21.5. The first kappa shape index (κ1) is 28.3. The van der Waals surface area contributed by atoms with Gasteiger partial charge in [-0.2, -0.15) is 0 Å². The lowest BCUT2D eigenvalue weighted by Crippen LogP contribution is -2.71. The second-order valence-electron chi connectivity index (χ2n) is 14.0. The highest BCUT2D eigenvalue weighted by Gasteiger charge is 2.71. The third-order valence-electron chi connectivity index (χ3n) is 11.3. The molecule has 2 aromatic heterocycles. The van der Waals surface area contributed by atoms with Gasteiger partial charge in [0.25, 0.3) is 0 Å². The molecule has 3 aliphatic rings. The minimum absolute atomic E-state index is 0.406. The van der Waals surface area contributed by atoms with E-state index in [1.807, 2.05) is 42.5 Å². The maximum atomic E-state index is 5.24. The Morgan fingerprint density at radius 3 is 1.24 bits per heavy atom. The van der Waals surface area contributed by atoms with Gasteiger partial charge in [0.05, 0.1) is 22.8 Å². The van der Waals surface area contributed by atoms with Crippen molar-refractivity contribution in [2.24, 2.45) is 17.8 Å². The minimum atomic E-state index is 0.406. The number of benzene rings is 5. The molecule has 2 heterocycles. The zero-order valence-corrected chi connectivity index (χ0v) is 27.1. The predicted molar refractivity (Wildman–Crippen MR) is 196 cm³/mol. The lowest BCUT2D eigenvalue weighted by molar-refractivity contribution is -0.219. The summed E-state index contributed by atoms with van der Waals surface area (Å²) in [6, 6.07) is 52.8. The van der Waals surface area contributed by atoms with Crippen molar-refractivity contribution in [1.29, 1.82) is 0 Å². The van der Waals surface area contributed by atoms with Crippen molar-refractivity contribution < 1.29 is 0 Å². The van der Waals surface area contributed by atoms with Crippen molar-refractivity contribution in [2.45, 2.75) is 24.7 Å². The Bertz CT molecular complexity index is 2260. The van der Waals surface area contributed by atoms with E-state index in [0.29, 0.717) is 17.1 Å². The van der Waals surface area contributed by atoms with Gasteiger partial charge in [0.15, 0.2) is 11.6 Å². The zero-order chi connectivity index (χ0) is 32.4. The molecule has 7 aromatic rings. The molecule has 10 rings (SSSR count). The van der Waals surface area contributed by atoms with Gasteiger partial charge in [0.2, 0.25) is 0 Å². The van der Waals surface area contributed by atoms with E-state index >= 15 is 0 Å². The van der Waals surface area contributed by atoms with Crippen LogP contribution in [0.2, 0.25) is 0 Å². The van der Waals surface area contributed by atoms with Gasteiger partial charge in [-0.3, -0.25) is 0 Å². The van der Waals surface area contributed by atoms with Crippen LogP contribution in [0.3, 0.4) is 0 Å². The van der Waals surface area contributed by atoms with Crippen LogP contribution >= 0.6 is 0 Å². The quantitative estimate of drug-likeness (QED) is 0.176. The van der Waals surface area contributed by atoms with E-state index in [1.165, 1.54) is 24.8 Å². The molecule has 0 bridgehead atoms. The van der Waals surface area contributed by atoms with Crippen LogP contribution in [0.5, 0.6) is 0 Å². The van der Waals surface area contributed by atoms with Crippen molar-refractivity contribution in [3.63, 3.8) is 0 Å². The molecule has 5 aromatic carbocycles. The number of hydrogen-bond donors (Lipinski definition) is 0. The fourth-order valence-electron chi connectivity index (χ4n) is 8.95. The molecule has 0 radical (unpaired) electrons. The first-order chi connectivity index (χ1) is 24.2. The first-order valence-corrected chi connectivity index (χ1v) is 17.4. The summed E-state index contributed by atoms with van der Waals surface area (Å²) in [5.41, 5.74) is 11.7. The number of hydrogen-bond acceptors (Lipinski definition) is 4. The minimum Gasteiger partial charge on any atom is -0.228 e. The maximum Gasteiger partial charge on any atom is 0.160 e. The number of rotatable bonds is 7. The van der Waals surface area contributed by atoms with Crippen LogP contribution in [0.25, 0.3) is 67.8 Å². The van der Waals surface area contributed by atoms with Crippen LogP contribution < -0.4 is 0 Å². The first-order valence-electron chi connectivity index (χ1n) is 17.4. The summed E-state index contributed by atoms with van der Waals surface area (Å²) in [5, 5.41) is 0. The molecule has 4 heteroatoms. The second kappa shape index (κ2) is 11.2. The number of nitrogens with zero attached hydrogens (tertiary/aromatic N) is 4. The molecule has 49 heavy (non-hydrogen) atoms. The molecular formula is C45H34N4. The van der Waals surface area contributed by atoms with Gasteiger partial charge in [0, 0.05) is 33.4 Å². The SMILES string of the molecule is c1ccc(-c2cc(-c3ccccc3)nc(-c3cccc(-c4nc(-c5ccccc5)cc(-c5cccc(C67CC8CC(C6)C87)c5)n4)c3)n2)cc1. The van der Waals surface area contributed by atoms with Gasteiger partial charge in [0.1, 0.15) is 0 Å². The molecule has 234 valence electrons. The van der Waals surface area contributed by atoms with Gasteiger partial charge in [-0.15, -0.1) is 0 Å². The lowest BCUT2D eigenvalue weighted by atomic mass is 9.28. The largest absolute Gasteiger partial charge is 0.228 e. The van der Waals surface area contributed by atoms with Gasteiger partial charge in [-0.1, -0.05) is 127 Å². The maximum absolute atomic E-state index is 5.24. The van der Waals surface area contributed by atoms with Crippen molar-refractivity contribution >= 4 is 0 Å². The fraction of sp³-hybridized carbons (Fsp3) is 0.156. The summed E-state index contributed by atoms with van der Waals surface area (Å²) in [7, 11) is 0. The topological polar surface area (TPSA) is 51.6 Å². The van der Waals surface area contributed by atoms with E-state index in [2.05, 4.69) is 109 Å². The smallest absolute Gasteiger partial charge is 0.160 e. The predicted octanol–water partition coefficient (Wildman–Crippen LogP) is 10.6. The molecule has 0 N–H and O–H groups in total. The molecule has 3 fully saturated rings. The Morgan fingerprint density at radius 1 is 0.388 bits per heavy atom. The molecule has 4 nitrogen and oxygen atoms in total. The van der Waals surface area contributed by atoms with Crippen molar-refractivity contribution in [1.82, 2.24) is 19.9 Å². The zero-order valence-electron chi connectivity index (χ0n) is 27.1. The molecule has 2 unspecified atom stereocenters. The van der Waals surface area contributed by atoms with E-state index in [0.717, 1.165) is 73.9 Å². The Kier molecular flexibility index (Phi) is 6.45. The second-order valence-corrected chi connectivity index (χ2v) is 14.0. The van der Waals surface area contributed by atoms with E-state index < -0.39 is 0 Å². The highest BCUT2D eigenvalue weighted by Crippen LogP contribution is 2.77. The highest BCUT2D eigenvalue weighted by molar-refractivity contribution is 5.76. The standard InChI is InChI=1S/C45H34N4/c1-4-12-29(13-5-1)38-25-39(30-14-6-2-7-15-30)47-43(46-38)33-19-10-20-34(22-33)44-48-40(31-16-8-3-9-17-31)26-41(49-44)32-18-11-21-37(24-32)45-27-35-23-36(28-45)42(35)45/h1-22,24-26,35-36,42H,23,27-28H2. The molecule has 0 saturated heterocycles. The third-order valence-corrected chi connectivity index (χ3v) is 11.3. The van der Waals surface area contributed by atoms with Crippen molar-refractivity contribution in [3.05, 3.63) is 157 Å². The van der Waals surface area contributed by atoms with Crippen LogP contribution in [0.15, 0.2) is 152 Å². The van der Waals surface area contributed by atoms with Crippen molar-refractivity contribution in [3.8, 4) is 67.8 Å². The Morgan fingerprint density at radius 2 is 0.796 bits per heavy atom. The van der Waals surface area contributed by atoms with Crippen LogP contribution in [0.4, 0.5) is 0 Å². The Labute approximate surface area is 286 Å². The van der Waals surface area contributed by atoms with E-state index in [-0.39, 0.29) is 0 Å². The summed E-state index contributed by atoms with van der Waals surface area (Å²) in [5.74, 6) is 4.20. The van der Waals surface area contributed by atoms with Crippen LogP contribution in [-0.2, 0) is 5.41 Å². The monoisotopic (exact) mass is 630 g/mol. The van der Waals surface area contributed by atoms with E-state index in [1.54, 1.807) is 0 Å². The van der Waals surface area contributed by atoms with Gasteiger partial charge >= 0.3 is 0 Å². The lowest BCUT2D eigenvalue weighted by Gasteiger charge is -2.76. The summed E-state index contributed by atoms with van der Waals surface area (Å²) in [6.45, 7) is 0. The molecule has 0 spiro atoms. The summed E-state index contributed by atoms with van der Waals surface area (Å²) in [4.78, 5) is 20.5. The average Bonchev–Trinajstić information content (AvgIpc) is 3.18. The molecule has 2 atom stereocenters. The third kappa shape index (κ3) is 4.74. The van der Waals surface area contributed by atoms with Crippen LogP contribution in [0.1, 0.15) is 24.8 Å². The molecular weight excluding hydrogens is 597 g/mol. The van der Waals surface area contributed by atoms with Gasteiger partial charge in [-0.25, -0.2) is 19.9 Å². The Hall–Kier alpha value is -5.74. The van der Waals surface area contributed by atoms with Gasteiger partial charge < -0.3 is 0 Å². The molecule has 3 aliphatic carbocycles. The molecule has 0 aliphatic heterocycles. The fourth-order valence-corrected chi connectivity index (χ4v) is 8.95. The van der Waals surface area contributed by atoms with E-state index in [9.17, 15) is 0 Å². The van der Waals surface area contributed by atoms with Crippen LogP contribution in [-0.4, -0.2) is 19.9 Å². The van der Waals surface area contributed by atoms with E-state index in [4.69, 9.17) is 19.9 Å². The van der Waals surface area contributed by atoms with Gasteiger partial charge in [-0.05, 0) is 72.3 Å². The highest BCUT2D eigenvalue weighted by atomic mass is 14.9.